The Labute approximate surface area is 87.1 Å². The molecule has 0 fully saturated rings. The largest absolute Gasteiger partial charge is 0.261 e. The van der Waals surface area contributed by atoms with Crippen LogP contribution in [-0.4, -0.2) is 29.6 Å². The van der Waals surface area contributed by atoms with E-state index in [1.165, 1.54) is 6.20 Å². The van der Waals surface area contributed by atoms with Crippen LogP contribution in [0.4, 0.5) is 0 Å². The van der Waals surface area contributed by atoms with Crippen molar-refractivity contribution < 1.29 is 8.42 Å². The molecule has 2 aromatic rings. The SMILES string of the molecule is Cc1nccc2nc(S(C)(=O)=O)ncc12. The Hall–Kier alpha value is -1.56. The zero-order chi connectivity index (χ0) is 11.1. The zero-order valence-electron chi connectivity index (χ0n) is 8.30. The van der Waals surface area contributed by atoms with Crippen LogP contribution < -0.4 is 0 Å². The number of aromatic nitrogens is 3. The van der Waals surface area contributed by atoms with E-state index in [0.29, 0.717) is 5.52 Å². The Morgan fingerprint density at radius 1 is 1.27 bits per heavy atom. The van der Waals surface area contributed by atoms with Crippen molar-refractivity contribution in [2.24, 2.45) is 0 Å². The van der Waals surface area contributed by atoms with Crippen LogP contribution in [0.2, 0.25) is 0 Å². The first-order chi connectivity index (χ1) is 6.98. The fourth-order valence-electron chi connectivity index (χ4n) is 1.25. The van der Waals surface area contributed by atoms with Crippen molar-refractivity contribution in [3.8, 4) is 0 Å². The van der Waals surface area contributed by atoms with Gasteiger partial charge in [0.05, 0.1) is 5.52 Å². The van der Waals surface area contributed by atoms with E-state index >= 15 is 0 Å². The molecule has 15 heavy (non-hydrogen) atoms. The molecule has 0 aliphatic heterocycles. The first-order valence-corrected chi connectivity index (χ1v) is 6.16. The van der Waals surface area contributed by atoms with Gasteiger partial charge in [0.2, 0.25) is 15.0 Å². The summed E-state index contributed by atoms with van der Waals surface area (Å²) in [6.07, 6.45) is 4.17. The first kappa shape index (κ1) is 9.97. The van der Waals surface area contributed by atoms with Gasteiger partial charge >= 0.3 is 0 Å². The lowest BCUT2D eigenvalue weighted by atomic mass is 10.2. The summed E-state index contributed by atoms with van der Waals surface area (Å²) < 4.78 is 22.4. The van der Waals surface area contributed by atoms with Gasteiger partial charge in [-0.05, 0) is 13.0 Å². The summed E-state index contributed by atoms with van der Waals surface area (Å²) in [5.74, 6) is 0. The summed E-state index contributed by atoms with van der Waals surface area (Å²) >= 11 is 0. The molecule has 0 aliphatic carbocycles. The Morgan fingerprint density at radius 2 is 2.00 bits per heavy atom. The molecular weight excluding hydrogens is 214 g/mol. The van der Waals surface area contributed by atoms with Gasteiger partial charge < -0.3 is 0 Å². The quantitative estimate of drug-likeness (QED) is 0.666. The highest BCUT2D eigenvalue weighted by Crippen LogP contribution is 2.14. The van der Waals surface area contributed by atoms with E-state index < -0.39 is 9.84 Å². The molecule has 0 saturated heterocycles. The maximum Gasteiger partial charge on any atom is 0.247 e. The van der Waals surface area contributed by atoms with E-state index in [1.54, 1.807) is 12.3 Å². The average Bonchev–Trinajstić information content (AvgIpc) is 2.16. The molecule has 0 N–H and O–H groups in total. The Kier molecular flexibility index (Phi) is 2.15. The van der Waals surface area contributed by atoms with Gasteiger partial charge in [-0.3, -0.25) is 4.98 Å². The number of hydrogen-bond donors (Lipinski definition) is 0. The lowest BCUT2D eigenvalue weighted by Gasteiger charge is -2.01. The predicted molar refractivity (Wildman–Crippen MR) is 55.2 cm³/mol. The molecule has 0 bridgehead atoms. The van der Waals surface area contributed by atoms with Crippen molar-refractivity contribution in [1.82, 2.24) is 15.0 Å². The Morgan fingerprint density at radius 3 is 2.67 bits per heavy atom. The van der Waals surface area contributed by atoms with Crippen molar-refractivity contribution in [3.63, 3.8) is 0 Å². The van der Waals surface area contributed by atoms with Gasteiger partial charge in [-0.25, -0.2) is 18.4 Å². The number of fused-ring (bicyclic) bond motifs is 1. The highest BCUT2D eigenvalue weighted by Gasteiger charge is 2.11. The number of aryl methyl sites for hydroxylation is 1. The summed E-state index contributed by atoms with van der Waals surface area (Å²) in [5, 5.41) is 0.616. The summed E-state index contributed by atoms with van der Waals surface area (Å²) in [6.45, 7) is 1.83. The third-order valence-corrected chi connectivity index (χ3v) is 2.88. The second-order valence-corrected chi connectivity index (χ2v) is 5.16. The van der Waals surface area contributed by atoms with Crippen LogP contribution in [-0.2, 0) is 9.84 Å². The lowest BCUT2D eigenvalue weighted by Crippen LogP contribution is -2.04. The van der Waals surface area contributed by atoms with Crippen molar-refractivity contribution in [2.75, 3.05) is 6.26 Å². The molecule has 0 saturated carbocycles. The van der Waals surface area contributed by atoms with Crippen LogP contribution in [0.3, 0.4) is 0 Å². The molecule has 2 heterocycles. The molecule has 2 rings (SSSR count). The second-order valence-electron chi connectivity index (χ2n) is 3.25. The highest BCUT2D eigenvalue weighted by atomic mass is 32.2. The molecule has 0 spiro atoms. The maximum atomic E-state index is 11.2. The van der Waals surface area contributed by atoms with Gasteiger partial charge in [0.25, 0.3) is 0 Å². The molecule has 78 valence electrons. The average molecular weight is 223 g/mol. The van der Waals surface area contributed by atoms with Gasteiger partial charge in [-0.15, -0.1) is 0 Å². The Balaban J connectivity index is 2.79. The van der Waals surface area contributed by atoms with Crippen LogP contribution in [0.5, 0.6) is 0 Å². The fraction of sp³-hybridized carbons (Fsp3) is 0.222. The molecular formula is C9H9N3O2S. The number of rotatable bonds is 1. The summed E-state index contributed by atoms with van der Waals surface area (Å²) in [5.41, 5.74) is 1.38. The molecule has 0 atom stereocenters. The van der Waals surface area contributed by atoms with E-state index in [9.17, 15) is 8.42 Å². The molecule has 0 amide bonds. The highest BCUT2D eigenvalue weighted by molar-refractivity contribution is 7.90. The Bertz CT molecular complexity index is 622. The van der Waals surface area contributed by atoms with Crippen molar-refractivity contribution in [3.05, 3.63) is 24.2 Å². The zero-order valence-corrected chi connectivity index (χ0v) is 9.11. The standard InChI is InChI=1S/C9H9N3O2S/c1-6-7-5-11-9(15(2,13)14)12-8(7)3-4-10-6/h3-5H,1-2H3. The minimum atomic E-state index is -3.35. The third-order valence-electron chi connectivity index (χ3n) is 2.02. The number of hydrogen-bond acceptors (Lipinski definition) is 5. The number of sulfone groups is 1. The second kappa shape index (κ2) is 3.23. The lowest BCUT2D eigenvalue weighted by molar-refractivity contribution is 0.593. The topological polar surface area (TPSA) is 72.8 Å². The maximum absolute atomic E-state index is 11.2. The van der Waals surface area contributed by atoms with Gasteiger partial charge in [-0.1, -0.05) is 0 Å². The van der Waals surface area contributed by atoms with Gasteiger partial charge in [-0.2, -0.15) is 0 Å². The first-order valence-electron chi connectivity index (χ1n) is 4.27. The monoisotopic (exact) mass is 223 g/mol. The van der Waals surface area contributed by atoms with E-state index in [-0.39, 0.29) is 5.16 Å². The molecule has 5 nitrogen and oxygen atoms in total. The van der Waals surface area contributed by atoms with Gasteiger partial charge in [0.15, 0.2) is 0 Å². The van der Waals surface area contributed by atoms with Crippen LogP contribution in [0.25, 0.3) is 10.9 Å². The molecule has 0 aliphatic rings. The van der Waals surface area contributed by atoms with E-state index in [1.807, 2.05) is 6.92 Å². The van der Waals surface area contributed by atoms with Gasteiger partial charge in [0, 0.05) is 29.7 Å². The molecule has 0 aromatic carbocycles. The third kappa shape index (κ3) is 1.80. The van der Waals surface area contributed by atoms with Crippen molar-refractivity contribution >= 4 is 20.7 Å². The van der Waals surface area contributed by atoms with Crippen molar-refractivity contribution in [2.45, 2.75) is 12.1 Å². The van der Waals surface area contributed by atoms with Crippen LogP contribution >= 0.6 is 0 Å². The summed E-state index contributed by atoms with van der Waals surface area (Å²) in [6, 6.07) is 1.67. The van der Waals surface area contributed by atoms with Gasteiger partial charge in [0.1, 0.15) is 0 Å². The van der Waals surface area contributed by atoms with Crippen LogP contribution in [0.15, 0.2) is 23.6 Å². The predicted octanol–water partition coefficient (Wildman–Crippen LogP) is 0.737. The number of pyridine rings is 1. The van der Waals surface area contributed by atoms with E-state index in [0.717, 1.165) is 17.3 Å². The van der Waals surface area contributed by atoms with E-state index in [4.69, 9.17) is 0 Å². The fourth-order valence-corrected chi connectivity index (χ4v) is 1.76. The minimum absolute atomic E-state index is 0.152. The molecule has 2 aromatic heterocycles. The minimum Gasteiger partial charge on any atom is -0.261 e. The molecule has 6 heteroatoms. The molecule has 0 unspecified atom stereocenters. The summed E-state index contributed by atoms with van der Waals surface area (Å²) in [7, 11) is -3.35. The normalized spacial score (nSPS) is 11.9. The van der Waals surface area contributed by atoms with E-state index in [2.05, 4.69) is 15.0 Å². The van der Waals surface area contributed by atoms with Crippen molar-refractivity contribution in [1.29, 1.82) is 0 Å². The van der Waals surface area contributed by atoms with Crippen LogP contribution in [0, 0.1) is 6.92 Å². The molecule has 0 radical (unpaired) electrons. The smallest absolute Gasteiger partial charge is 0.247 e. The summed E-state index contributed by atoms with van der Waals surface area (Å²) in [4.78, 5) is 11.8. The van der Waals surface area contributed by atoms with Crippen LogP contribution in [0.1, 0.15) is 5.69 Å². The number of nitrogens with zero attached hydrogens (tertiary/aromatic N) is 3.